The summed E-state index contributed by atoms with van der Waals surface area (Å²) in [6.45, 7) is 1.49. The summed E-state index contributed by atoms with van der Waals surface area (Å²) in [7, 11) is 3.50. The van der Waals surface area contributed by atoms with Crippen LogP contribution in [0.5, 0.6) is 5.75 Å². The van der Waals surface area contributed by atoms with Gasteiger partial charge in [0.1, 0.15) is 5.75 Å². The van der Waals surface area contributed by atoms with E-state index in [-0.39, 0.29) is 11.5 Å². The van der Waals surface area contributed by atoms with E-state index in [4.69, 9.17) is 4.74 Å². The number of nitrogens with zero attached hydrogens (tertiary/aromatic N) is 1. The number of hydrogen-bond acceptors (Lipinski definition) is 3. The molecule has 110 valence electrons. The minimum Gasteiger partial charge on any atom is -0.483 e. The van der Waals surface area contributed by atoms with Gasteiger partial charge in [0.2, 0.25) is 0 Å². The molecule has 1 rings (SSSR count). The van der Waals surface area contributed by atoms with Crippen molar-refractivity contribution in [2.24, 2.45) is 0 Å². The van der Waals surface area contributed by atoms with Gasteiger partial charge < -0.3 is 9.64 Å². The zero-order chi connectivity index (χ0) is 15.3. The fourth-order valence-corrected chi connectivity index (χ4v) is 1.37. The molecule has 0 amide bonds. The predicted molar refractivity (Wildman–Crippen MR) is 69.4 cm³/mol. The van der Waals surface area contributed by atoms with E-state index in [1.807, 2.05) is 0 Å². The van der Waals surface area contributed by atoms with Crippen molar-refractivity contribution in [2.75, 3.05) is 14.1 Å². The van der Waals surface area contributed by atoms with Gasteiger partial charge in [0, 0.05) is 26.4 Å². The van der Waals surface area contributed by atoms with E-state index in [1.165, 1.54) is 25.1 Å². The highest BCUT2D eigenvalue weighted by molar-refractivity contribution is 5.93. The zero-order valence-electron chi connectivity index (χ0n) is 11.4. The Morgan fingerprint density at radius 3 is 2.55 bits per heavy atom. The Hall–Kier alpha value is -1.98. The molecule has 0 aliphatic carbocycles. The van der Waals surface area contributed by atoms with Crippen LogP contribution < -0.4 is 4.74 Å². The van der Waals surface area contributed by atoms with E-state index in [1.54, 1.807) is 25.2 Å². The van der Waals surface area contributed by atoms with Gasteiger partial charge in [-0.1, -0.05) is 6.07 Å². The SMILES string of the molecule is C[C@@H](Oc1cccc(C(F)(F)F)c1)C(=O)/C=C\N(C)C. The molecular formula is C14H16F3NO2. The second-order valence-corrected chi connectivity index (χ2v) is 4.47. The van der Waals surface area contributed by atoms with Gasteiger partial charge in [-0.3, -0.25) is 4.79 Å². The molecule has 0 spiro atoms. The predicted octanol–water partition coefficient (Wildman–Crippen LogP) is 3.12. The maximum Gasteiger partial charge on any atom is 0.416 e. The Morgan fingerprint density at radius 2 is 2.00 bits per heavy atom. The number of alkyl halides is 3. The number of ether oxygens (including phenoxy) is 1. The molecule has 1 aromatic carbocycles. The van der Waals surface area contributed by atoms with Crippen LogP contribution in [0.1, 0.15) is 12.5 Å². The Morgan fingerprint density at radius 1 is 1.35 bits per heavy atom. The number of ketones is 1. The maximum atomic E-state index is 12.5. The Balaban J connectivity index is 2.76. The zero-order valence-corrected chi connectivity index (χ0v) is 11.4. The third-order valence-electron chi connectivity index (χ3n) is 2.41. The molecule has 0 saturated carbocycles. The molecule has 0 N–H and O–H groups in total. The molecule has 0 aliphatic heterocycles. The summed E-state index contributed by atoms with van der Waals surface area (Å²) in [6, 6.07) is 4.45. The molecule has 20 heavy (non-hydrogen) atoms. The molecule has 3 nitrogen and oxygen atoms in total. The highest BCUT2D eigenvalue weighted by atomic mass is 19.4. The summed E-state index contributed by atoms with van der Waals surface area (Å²) in [4.78, 5) is 13.3. The topological polar surface area (TPSA) is 29.5 Å². The maximum absolute atomic E-state index is 12.5. The average Bonchev–Trinajstić information content (AvgIpc) is 2.35. The summed E-state index contributed by atoms with van der Waals surface area (Å²) in [5.41, 5.74) is -0.807. The molecule has 0 unspecified atom stereocenters. The Kier molecular flexibility index (Phi) is 5.19. The second kappa shape index (κ2) is 6.45. The van der Waals surface area contributed by atoms with Crippen LogP contribution in [0.2, 0.25) is 0 Å². The number of carbonyl (C=O) groups is 1. The van der Waals surface area contributed by atoms with Crippen molar-refractivity contribution in [3.05, 3.63) is 42.1 Å². The molecule has 0 fully saturated rings. The Labute approximate surface area is 115 Å². The summed E-state index contributed by atoms with van der Waals surface area (Å²) in [5.74, 6) is -0.310. The fraction of sp³-hybridized carbons (Fsp3) is 0.357. The summed E-state index contributed by atoms with van der Waals surface area (Å²) in [5, 5.41) is 0. The summed E-state index contributed by atoms with van der Waals surface area (Å²) < 4.78 is 42.8. The van der Waals surface area contributed by atoms with E-state index in [0.717, 1.165) is 12.1 Å². The van der Waals surface area contributed by atoms with Crippen molar-refractivity contribution in [1.29, 1.82) is 0 Å². The molecule has 6 heteroatoms. The van der Waals surface area contributed by atoms with Crippen molar-refractivity contribution >= 4 is 5.78 Å². The first-order valence-electron chi connectivity index (χ1n) is 5.92. The van der Waals surface area contributed by atoms with Crippen molar-refractivity contribution < 1.29 is 22.7 Å². The van der Waals surface area contributed by atoms with Crippen molar-refractivity contribution in [2.45, 2.75) is 19.2 Å². The van der Waals surface area contributed by atoms with Gasteiger partial charge in [-0.15, -0.1) is 0 Å². The number of hydrogen-bond donors (Lipinski definition) is 0. The van der Waals surface area contributed by atoms with Gasteiger partial charge in [-0.05, 0) is 25.1 Å². The van der Waals surface area contributed by atoms with Crippen LogP contribution in [-0.2, 0) is 11.0 Å². The van der Waals surface area contributed by atoms with Crippen LogP contribution in [0.4, 0.5) is 13.2 Å². The number of halogens is 3. The first-order valence-corrected chi connectivity index (χ1v) is 5.92. The highest BCUT2D eigenvalue weighted by Crippen LogP contribution is 2.31. The second-order valence-electron chi connectivity index (χ2n) is 4.47. The van der Waals surface area contributed by atoms with Crippen molar-refractivity contribution in [3.8, 4) is 5.75 Å². The van der Waals surface area contributed by atoms with Gasteiger partial charge >= 0.3 is 6.18 Å². The first-order chi connectivity index (χ1) is 9.20. The van der Waals surface area contributed by atoms with Crippen LogP contribution in [0.15, 0.2) is 36.5 Å². The smallest absolute Gasteiger partial charge is 0.416 e. The lowest BCUT2D eigenvalue weighted by Crippen LogP contribution is -2.22. The lowest BCUT2D eigenvalue weighted by molar-refractivity contribution is -0.137. The quantitative estimate of drug-likeness (QED) is 0.779. The van der Waals surface area contributed by atoms with Crippen LogP contribution in [0.25, 0.3) is 0 Å². The number of carbonyl (C=O) groups excluding carboxylic acids is 1. The molecule has 0 heterocycles. The van der Waals surface area contributed by atoms with Gasteiger partial charge in [-0.25, -0.2) is 0 Å². The van der Waals surface area contributed by atoms with E-state index in [0.29, 0.717) is 0 Å². The minimum absolute atomic E-state index is 0.0129. The lowest BCUT2D eigenvalue weighted by atomic mass is 10.2. The van der Waals surface area contributed by atoms with E-state index in [9.17, 15) is 18.0 Å². The summed E-state index contributed by atoms with van der Waals surface area (Å²) >= 11 is 0. The molecule has 0 saturated heterocycles. The summed E-state index contributed by atoms with van der Waals surface area (Å²) in [6.07, 6.45) is -2.42. The largest absolute Gasteiger partial charge is 0.483 e. The fourth-order valence-electron chi connectivity index (χ4n) is 1.37. The molecule has 0 aliphatic rings. The van der Waals surface area contributed by atoms with Gasteiger partial charge in [0.25, 0.3) is 0 Å². The highest BCUT2D eigenvalue weighted by Gasteiger charge is 2.30. The molecular weight excluding hydrogens is 271 g/mol. The first kappa shape index (κ1) is 16.1. The van der Waals surface area contributed by atoms with Crippen molar-refractivity contribution in [3.63, 3.8) is 0 Å². The average molecular weight is 287 g/mol. The van der Waals surface area contributed by atoms with Crippen LogP contribution >= 0.6 is 0 Å². The Bertz CT molecular complexity index is 495. The molecule has 1 aromatic rings. The van der Waals surface area contributed by atoms with E-state index < -0.39 is 17.8 Å². The van der Waals surface area contributed by atoms with Crippen LogP contribution in [0.3, 0.4) is 0 Å². The third-order valence-corrected chi connectivity index (χ3v) is 2.41. The standard InChI is InChI=1S/C14H16F3NO2/c1-10(13(19)7-8-18(2)3)20-12-6-4-5-11(9-12)14(15,16)17/h4-10H,1-3H3/b8-7-/t10-/m1/s1. The van der Waals surface area contributed by atoms with Crippen LogP contribution in [0, 0.1) is 0 Å². The van der Waals surface area contributed by atoms with E-state index >= 15 is 0 Å². The minimum atomic E-state index is -4.43. The number of rotatable bonds is 5. The normalized spacial score (nSPS) is 13.3. The van der Waals surface area contributed by atoms with Gasteiger partial charge in [0.15, 0.2) is 11.9 Å². The molecule has 0 radical (unpaired) electrons. The third kappa shape index (κ3) is 4.95. The van der Waals surface area contributed by atoms with Crippen LogP contribution in [-0.4, -0.2) is 30.9 Å². The lowest BCUT2D eigenvalue weighted by Gasteiger charge is -2.14. The molecule has 1 atom stereocenters. The molecule has 0 aromatic heterocycles. The number of benzene rings is 1. The monoisotopic (exact) mass is 287 g/mol. The molecule has 0 bridgehead atoms. The van der Waals surface area contributed by atoms with Gasteiger partial charge in [-0.2, -0.15) is 13.2 Å². The van der Waals surface area contributed by atoms with Crippen molar-refractivity contribution in [1.82, 2.24) is 4.90 Å². The van der Waals surface area contributed by atoms with E-state index in [2.05, 4.69) is 0 Å². The van der Waals surface area contributed by atoms with Gasteiger partial charge in [0.05, 0.1) is 5.56 Å².